The number of anilines is 1. The molecule has 1 aliphatic heterocycles. The van der Waals surface area contributed by atoms with Crippen molar-refractivity contribution in [1.29, 1.82) is 0 Å². The SMILES string of the molecule is CCNC(=NCc1ccc(OC)cc1)NCc1ccc(N2CC=CC2)cc1. The number of ether oxygens (including phenoxy) is 1. The van der Waals surface area contributed by atoms with Gasteiger partial charge in [-0.15, -0.1) is 0 Å². The Bertz CT molecular complexity index is 758. The van der Waals surface area contributed by atoms with Crippen molar-refractivity contribution in [1.82, 2.24) is 10.6 Å². The lowest BCUT2D eigenvalue weighted by molar-refractivity contribution is 0.414. The summed E-state index contributed by atoms with van der Waals surface area (Å²) in [5.41, 5.74) is 3.65. The highest BCUT2D eigenvalue weighted by atomic mass is 16.5. The molecule has 2 aromatic carbocycles. The molecule has 0 amide bonds. The van der Waals surface area contributed by atoms with Crippen LogP contribution in [0, 0.1) is 0 Å². The smallest absolute Gasteiger partial charge is 0.191 e. The van der Waals surface area contributed by atoms with Gasteiger partial charge in [-0.25, -0.2) is 4.99 Å². The summed E-state index contributed by atoms with van der Waals surface area (Å²) in [5.74, 6) is 1.68. The average Bonchev–Trinajstić information content (AvgIpc) is 3.26. The first-order chi connectivity index (χ1) is 13.3. The first-order valence-electron chi connectivity index (χ1n) is 9.42. The Balaban J connectivity index is 1.55. The molecule has 5 heteroatoms. The van der Waals surface area contributed by atoms with Crippen LogP contribution in [0.5, 0.6) is 5.75 Å². The molecule has 0 aromatic heterocycles. The Labute approximate surface area is 161 Å². The molecular formula is C22H28N4O. The Morgan fingerprint density at radius 2 is 1.63 bits per heavy atom. The number of aliphatic imine (C=N–C) groups is 1. The monoisotopic (exact) mass is 364 g/mol. The van der Waals surface area contributed by atoms with Crippen LogP contribution in [0.1, 0.15) is 18.1 Å². The van der Waals surface area contributed by atoms with Crippen LogP contribution in [0.25, 0.3) is 0 Å². The van der Waals surface area contributed by atoms with Gasteiger partial charge < -0.3 is 20.3 Å². The van der Waals surface area contributed by atoms with E-state index in [0.717, 1.165) is 43.5 Å². The van der Waals surface area contributed by atoms with Crippen LogP contribution in [-0.4, -0.2) is 32.7 Å². The zero-order valence-corrected chi connectivity index (χ0v) is 16.1. The molecule has 0 fully saturated rings. The van der Waals surface area contributed by atoms with Gasteiger partial charge in [0.25, 0.3) is 0 Å². The predicted octanol–water partition coefficient (Wildman–Crippen LogP) is 3.33. The minimum atomic E-state index is 0.625. The van der Waals surface area contributed by atoms with Crippen molar-refractivity contribution in [3.8, 4) is 5.75 Å². The van der Waals surface area contributed by atoms with E-state index < -0.39 is 0 Å². The molecule has 0 aliphatic carbocycles. The third-order valence-electron chi connectivity index (χ3n) is 4.50. The van der Waals surface area contributed by atoms with Crippen LogP contribution >= 0.6 is 0 Å². The summed E-state index contributed by atoms with van der Waals surface area (Å²) in [5, 5.41) is 6.71. The van der Waals surface area contributed by atoms with E-state index in [9.17, 15) is 0 Å². The molecule has 0 radical (unpaired) electrons. The minimum absolute atomic E-state index is 0.625. The third-order valence-corrected chi connectivity index (χ3v) is 4.50. The normalized spacial score (nSPS) is 13.7. The Hall–Kier alpha value is -2.95. The summed E-state index contributed by atoms with van der Waals surface area (Å²) in [6.07, 6.45) is 4.41. The number of nitrogens with zero attached hydrogens (tertiary/aromatic N) is 2. The van der Waals surface area contributed by atoms with Crippen LogP contribution in [0.2, 0.25) is 0 Å². The molecule has 27 heavy (non-hydrogen) atoms. The van der Waals surface area contributed by atoms with Crippen molar-refractivity contribution < 1.29 is 4.74 Å². The maximum Gasteiger partial charge on any atom is 0.191 e. The highest BCUT2D eigenvalue weighted by Crippen LogP contribution is 2.17. The summed E-state index contributed by atoms with van der Waals surface area (Å²) in [7, 11) is 1.68. The lowest BCUT2D eigenvalue weighted by atomic mass is 10.2. The molecule has 0 saturated heterocycles. The fourth-order valence-electron chi connectivity index (χ4n) is 2.94. The second-order valence-corrected chi connectivity index (χ2v) is 6.44. The zero-order chi connectivity index (χ0) is 18.9. The van der Waals surface area contributed by atoms with E-state index in [-0.39, 0.29) is 0 Å². The van der Waals surface area contributed by atoms with Gasteiger partial charge >= 0.3 is 0 Å². The van der Waals surface area contributed by atoms with Gasteiger partial charge in [-0.1, -0.05) is 36.4 Å². The number of rotatable bonds is 7. The summed E-state index contributed by atoms with van der Waals surface area (Å²) in [6, 6.07) is 16.7. The van der Waals surface area contributed by atoms with Crippen LogP contribution in [0.3, 0.4) is 0 Å². The number of benzene rings is 2. The van der Waals surface area contributed by atoms with E-state index in [0.29, 0.717) is 6.54 Å². The van der Waals surface area contributed by atoms with Gasteiger partial charge in [0, 0.05) is 31.9 Å². The van der Waals surface area contributed by atoms with Crippen LogP contribution < -0.4 is 20.3 Å². The Morgan fingerprint density at radius 3 is 2.26 bits per heavy atom. The van der Waals surface area contributed by atoms with Gasteiger partial charge in [-0.3, -0.25) is 0 Å². The second-order valence-electron chi connectivity index (χ2n) is 6.44. The van der Waals surface area contributed by atoms with Crippen molar-refractivity contribution in [2.24, 2.45) is 4.99 Å². The van der Waals surface area contributed by atoms with E-state index in [2.05, 4.69) is 63.9 Å². The number of guanidine groups is 1. The van der Waals surface area contributed by atoms with Crippen molar-refractivity contribution in [2.75, 3.05) is 31.6 Å². The number of nitrogens with one attached hydrogen (secondary N) is 2. The van der Waals surface area contributed by atoms with Crippen molar-refractivity contribution >= 4 is 11.6 Å². The summed E-state index contributed by atoms with van der Waals surface area (Å²) in [6.45, 7) is 6.27. The van der Waals surface area contributed by atoms with Crippen molar-refractivity contribution in [2.45, 2.75) is 20.0 Å². The molecule has 2 N–H and O–H groups in total. The fourth-order valence-corrected chi connectivity index (χ4v) is 2.94. The standard InChI is InChI=1S/C22H28N4O/c1-3-23-22(25-17-19-8-12-21(27-2)13-9-19)24-16-18-6-10-20(11-7-18)26-14-4-5-15-26/h4-13H,3,14-17H2,1-2H3,(H2,23,24,25). The molecule has 1 heterocycles. The first kappa shape index (κ1) is 18.8. The van der Waals surface area contributed by atoms with Crippen molar-refractivity contribution in [3.63, 3.8) is 0 Å². The molecule has 5 nitrogen and oxygen atoms in total. The molecule has 3 rings (SSSR count). The van der Waals surface area contributed by atoms with Crippen LogP contribution in [0.15, 0.2) is 65.7 Å². The van der Waals surface area contributed by atoms with Crippen LogP contribution in [-0.2, 0) is 13.1 Å². The van der Waals surface area contributed by atoms with Crippen LogP contribution in [0.4, 0.5) is 5.69 Å². The molecule has 0 saturated carbocycles. The van der Waals surface area contributed by atoms with Gasteiger partial charge in [0.1, 0.15) is 5.75 Å². The summed E-state index contributed by atoms with van der Waals surface area (Å²) in [4.78, 5) is 7.02. The largest absolute Gasteiger partial charge is 0.497 e. The van der Waals surface area contributed by atoms with Gasteiger partial charge in [0.2, 0.25) is 0 Å². The van der Waals surface area contributed by atoms with E-state index in [1.165, 1.54) is 11.3 Å². The minimum Gasteiger partial charge on any atom is -0.497 e. The lowest BCUT2D eigenvalue weighted by Gasteiger charge is -2.18. The highest BCUT2D eigenvalue weighted by Gasteiger charge is 2.07. The molecule has 1 aliphatic rings. The zero-order valence-electron chi connectivity index (χ0n) is 16.1. The Kier molecular flexibility index (Phi) is 6.74. The predicted molar refractivity (Wildman–Crippen MR) is 112 cm³/mol. The average molecular weight is 364 g/mol. The summed E-state index contributed by atoms with van der Waals surface area (Å²) < 4.78 is 5.19. The van der Waals surface area contributed by atoms with E-state index in [1.54, 1.807) is 7.11 Å². The Morgan fingerprint density at radius 1 is 0.963 bits per heavy atom. The topological polar surface area (TPSA) is 48.9 Å². The molecule has 0 unspecified atom stereocenters. The van der Waals surface area contributed by atoms with Gasteiger partial charge in [-0.2, -0.15) is 0 Å². The number of methoxy groups -OCH3 is 1. The molecule has 0 atom stereocenters. The van der Waals surface area contributed by atoms with Crippen molar-refractivity contribution in [3.05, 3.63) is 71.8 Å². The maximum atomic E-state index is 5.19. The molecular weight excluding hydrogens is 336 g/mol. The summed E-state index contributed by atoms with van der Waals surface area (Å²) >= 11 is 0. The van der Waals surface area contributed by atoms with E-state index in [1.807, 2.05) is 24.3 Å². The lowest BCUT2D eigenvalue weighted by Crippen LogP contribution is -2.36. The highest BCUT2D eigenvalue weighted by molar-refractivity contribution is 5.79. The third kappa shape index (κ3) is 5.51. The number of hydrogen-bond acceptors (Lipinski definition) is 3. The first-order valence-corrected chi connectivity index (χ1v) is 9.42. The van der Waals surface area contributed by atoms with E-state index in [4.69, 9.17) is 4.74 Å². The van der Waals surface area contributed by atoms with Gasteiger partial charge in [-0.05, 0) is 42.3 Å². The number of hydrogen-bond donors (Lipinski definition) is 2. The maximum absolute atomic E-state index is 5.19. The van der Waals surface area contributed by atoms with Gasteiger partial charge in [0.15, 0.2) is 5.96 Å². The second kappa shape index (κ2) is 9.67. The molecule has 0 spiro atoms. The molecule has 142 valence electrons. The van der Waals surface area contributed by atoms with Gasteiger partial charge in [0.05, 0.1) is 13.7 Å². The fraction of sp³-hybridized carbons (Fsp3) is 0.318. The quantitative estimate of drug-likeness (QED) is 0.449. The molecule has 2 aromatic rings. The van der Waals surface area contributed by atoms with E-state index >= 15 is 0 Å². The molecule has 0 bridgehead atoms.